The van der Waals surface area contributed by atoms with Crippen LogP contribution in [0.25, 0.3) is 0 Å². The summed E-state index contributed by atoms with van der Waals surface area (Å²) in [5.41, 5.74) is 2.47. The Kier molecular flexibility index (Phi) is 13.9. The molecule has 156 valence electrons. The molecule has 25 heavy (non-hydrogen) atoms. The average molecular weight is 357 g/mol. The number of hydrogen-bond donors (Lipinski definition) is 0. The first kappa shape index (κ1) is 29.8. The molecule has 0 heterocycles. The van der Waals surface area contributed by atoms with Crippen molar-refractivity contribution in [3.8, 4) is 0 Å². The Morgan fingerprint density at radius 1 is 0.440 bits per heavy atom. The van der Waals surface area contributed by atoms with Crippen molar-refractivity contribution >= 4 is 0 Å². The van der Waals surface area contributed by atoms with Gasteiger partial charge >= 0.3 is 0 Å². The highest BCUT2D eigenvalue weighted by molar-refractivity contribution is 4.94. The molecule has 2 aliphatic rings. The molecule has 0 spiro atoms. The van der Waals surface area contributed by atoms with Gasteiger partial charge in [0.05, 0.1) is 0 Å². The quantitative estimate of drug-likeness (QED) is 0.461. The van der Waals surface area contributed by atoms with Crippen molar-refractivity contribution < 1.29 is 0 Å². The molecule has 0 aromatic heterocycles. The van der Waals surface area contributed by atoms with E-state index < -0.39 is 0 Å². The van der Waals surface area contributed by atoms with Crippen molar-refractivity contribution in [2.75, 3.05) is 0 Å². The Balaban J connectivity index is -0.000000752. The van der Waals surface area contributed by atoms with E-state index in [0.717, 1.165) is 0 Å². The Labute approximate surface area is 164 Å². The third-order valence-corrected chi connectivity index (χ3v) is 6.47. The zero-order valence-electron chi connectivity index (χ0n) is 18.4. The second-order valence-corrected chi connectivity index (χ2v) is 10.1. The van der Waals surface area contributed by atoms with Gasteiger partial charge in [0.2, 0.25) is 0 Å². The molecular weight excluding hydrogens is 300 g/mol. The van der Waals surface area contributed by atoms with Crippen molar-refractivity contribution in [2.24, 2.45) is 21.7 Å². The normalized spacial score (nSPS) is 24.7. The second kappa shape index (κ2) is 11.7. The molecule has 0 atom stereocenters. The van der Waals surface area contributed by atoms with Gasteiger partial charge in [-0.25, -0.2) is 0 Å². The van der Waals surface area contributed by atoms with Crippen LogP contribution in [0.2, 0.25) is 0 Å². The van der Waals surface area contributed by atoms with Gasteiger partial charge in [-0.1, -0.05) is 84.1 Å². The van der Waals surface area contributed by atoms with Crippen LogP contribution in [0.3, 0.4) is 0 Å². The van der Waals surface area contributed by atoms with Crippen LogP contribution in [-0.2, 0) is 0 Å². The Morgan fingerprint density at radius 3 is 0.840 bits per heavy atom. The summed E-state index contributed by atoms with van der Waals surface area (Å²) in [4.78, 5) is 0. The minimum atomic E-state index is 0. The highest BCUT2D eigenvalue weighted by atomic mass is 14.5. The van der Waals surface area contributed by atoms with Crippen molar-refractivity contribution in [3.63, 3.8) is 0 Å². The molecule has 0 unspecified atom stereocenters. The molecule has 0 aliphatic heterocycles. The van der Waals surface area contributed by atoms with E-state index in [1.54, 1.807) is 0 Å². The van der Waals surface area contributed by atoms with E-state index in [0.29, 0.717) is 21.7 Å². The van der Waals surface area contributed by atoms with E-state index in [9.17, 15) is 0 Å². The maximum Gasteiger partial charge on any atom is -0.0320 e. The zero-order chi connectivity index (χ0) is 18.4. The van der Waals surface area contributed by atoms with Gasteiger partial charge in [-0.2, -0.15) is 0 Å². The SMILES string of the molecule is C.C.CC.CC.CC1(C)CCC(C)(CC2(C)CCC(C)(C)CC2)CC1. The largest absolute Gasteiger partial charge is 0.0776 e. The van der Waals surface area contributed by atoms with Crippen molar-refractivity contribution in [1.82, 2.24) is 0 Å². The predicted octanol–water partition coefficient (Wildman–Crippen LogP) is 9.91. The van der Waals surface area contributed by atoms with Crippen LogP contribution < -0.4 is 0 Å². The van der Waals surface area contributed by atoms with E-state index in [1.807, 2.05) is 27.7 Å². The lowest BCUT2D eigenvalue weighted by Crippen LogP contribution is -2.37. The van der Waals surface area contributed by atoms with Crippen LogP contribution in [0.1, 0.15) is 142 Å². The first-order chi connectivity index (χ1) is 10.5. The smallest absolute Gasteiger partial charge is 0.0320 e. The fourth-order valence-electron chi connectivity index (χ4n) is 4.44. The molecule has 0 aromatic rings. The van der Waals surface area contributed by atoms with E-state index in [-0.39, 0.29) is 14.9 Å². The lowest BCUT2D eigenvalue weighted by molar-refractivity contribution is 0.0251. The lowest BCUT2D eigenvalue weighted by atomic mass is 9.56. The highest BCUT2D eigenvalue weighted by Gasteiger charge is 2.42. The minimum Gasteiger partial charge on any atom is -0.0776 e. The topological polar surface area (TPSA) is 0 Å². The highest BCUT2D eigenvalue weighted by Crippen LogP contribution is 2.55. The average Bonchev–Trinajstić information content (AvgIpc) is 2.51. The molecule has 0 nitrogen and oxygen atoms in total. The standard InChI is InChI=1S/C19H36.2C2H6.2CH4/c1-16(2)7-11-18(5,12-8-16)15-19(6)13-9-17(3,4)10-14-19;2*1-2;;/h7-15H2,1-6H3;2*1-2H3;2*1H4. The summed E-state index contributed by atoms with van der Waals surface area (Å²) in [6.07, 6.45) is 13.0. The van der Waals surface area contributed by atoms with Gasteiger partial charge in [0.15, 0.2) is 0 Å². The Bertz CT molecular complexity index is 269. The summed E-state index contributed by atoms with van der Waals surface area (Å²) in [6.45, 7) is 23.0. The molecule has 0 bridgehead atoms. The molecule has 2 saturated carbocycles. The molecule has 0 radical (unpaired) electrons. The fourth-order valence-corrected chi connectivity index (χ4v) is 4.44. The Morgan fingerprint density at radius 2 is 0.640 bits per heavy atom. The molecule has 0 aromatic carbocycles. The van der Waals surface area contributed by atoms with Crippen LogP contribution in [0.15, 0.2) is 0 Å². The van der Waals surface area contributed by atoms with E-state index in [4.69, 9.17) is 0 Å². The summed E-state index contributed by atoms with van der Waals surface area (Å²) in [5.74, 6) is 0. The third kappa shape index (κ3) is 10.0. The summed E-state index contributed by atoms with van der Waals surface area (Å²) in [7, 11) is 0. The van der Waals surface area contributed by atoms with Gasteiger partial charge in [0, 0.05) is 0 Å². The Hall–Kier alpha value is 0. The molecule has 0 heteroatoms. The van der Waals surface area contributed by atoms with Gasteiger partial charge in [-0.05, 0) is 79.4 Å². The van der Waals surface area contributed by atoms with E-state index >= 15 is 0 Å². The third-order valence-electron chi connectivity index (χ3n) is 6.47. The van der Waals surface area contributed by atoms with Crippen LogP contribution >= 0.6 is 0 Å². The molecule has 0 saturated heterocycles. The van der Waals surface area contributed by atoms with Gasteiger partial charge in [-0.15, -0.1) is 0 Å². The van der Waals surface area contributed by atoms with Crippen LogP contribution in [0.5, 0.6) is 0 Å². The first-order valence-corrected chi connectivity index (χ1v) is 10.5. The van der Waals surface area contributed by atoms with Gasteiger partial charge in [0.1, 0.15) is 0 Å². The number of rotatable bonds is 2. The first-order valence-electron chi connectivity index (χ1n) is 10.5. The molecule has 2 aliphatic carbocycles. The summed E-state index contributed by atoms with van der Waals surface area (Å²) in [5, 5.41) is 0. The molecule has 2 rings (SSSR count). The molecular formula is C25H56. The fraction of sp³-hybridized carbons (Fsp3) is 1.00. The second-order valence-electron chi connectivity index (χ2n) is 10.1. The van der Waals surface area contributed by atoms with Crippen molar-refractivity contribution in [1.29, 1.82) is 0 Å². The molecule has 2 fully saturated rings. The molecule has 0 N–H and O–H groups in total. The van der Waals surface area contributed by atoms with Gasteiger partial charge in [0.25, 0.3) is 0 Å². The van der Waals surface area contributed by atoms with Gasteiger partial charge < -0.3 is 0 Å². The van der Waals surface area contributed by atoms with Crippen molar-refractivity contribution in [2.45, 2.75) is 142 Å². The number of hydrogen-bond acceptors (Lipinski definition) is 0. The summed E-state index contributed by atoms with van der Waals surface area (Å²) < 4.78 is 0. The molecule has 0 amide bonds. The lowest BCUT2D eigenvalue weighted by Gasteiger charge is -2.49. The maximum absolute atomic E-state index is 2.58. The summed E-state index contributed by atoms with van der Waals surface area (Å²) >= 11 is 0. The summed E-state index contributed by atoms with van der Waals surface area (Å²) in [6, 6.07) is 0. The van der Waals surface area contributed by atoms with E-state index in [1.165, 1.54) is 57.8 Å². The van der Waals surface area contributed by atoms with Crippen molar-refractivity contribution in [3.05, 3.63) is 0 Å². The van der Waals surface area contributed by atoms with E-state index in [2.05, 4.69) is 41.5 Å². The monoisotopic (exact) mass is 356 g/mol. The van der Waals surface area contributed by atoms with Crippen LogP contribution in [0, 0.1) is 21.7 Å². The zero-order valence-corrected chi connectivity index (χ0v) is 18.4. The predicted molar refractivity (Wildman–Crippen MR) is 121 cm³/mol. The van der Waals surface area contributed by atoms with Crippen LogP contribution in [-0.4, -0.2) is 0 Å². The minimum absolute atomic E-state index is 0. The van der Waals surface area contributed by atoms with Crippen LogP contribution in [0.4, 0.5) is 0 Å². The van der Waals surface area contributed by atoms with Gasteiger partial charge in [-0.3, -0.25) is 0 Å². The maximum atomic E-state index is 2.58.